The molecule has 2 aromatic rings. The lowest BCUT2D eigenvalue weighted by atomic mass is 10.1. The Labute approximate surface area is 124 Å². The van der Waals surface area contributed by atoms with E-state index in [1.165, 1.54) is 4.90 Å². The lowest BCUT2D eigenvalue weighted by molar-refractivity contribution is 0.0827. The number of nitrogens with two attached hydrogens (primary N) is 1. The van der Waals surface area contributed by atoms with Crippen LogP contribution in [0.15, 0.2) is 18.2 Å². The van der Waals surface area contributed by atoms with Gasteiger partial charge in [0.15, 0.2) is 11.5 Å². The van der Waals surface area contributed by atoms with E-state index in [0.29, 0.717) is 22.7 Å². The molecule has 2 rings (SSSR count). The van der Waals surface area contributed by atoms with Gasteiger partial charge < -0.3 is 15.4 Å². The first kappa shape index (κ1) is 14.9. The highest BCUT2D eigenvalue weighted by Crippen LogP contribution is 2.32. The Morgan fingerprint density at radius 1 is 1.33 bits per heavy atom. The number of hydrogen-bond acceptors (Lipinski definition) is 4. The first-order valence-corrected chi connectivity index (χ1v) is 6.60. The van der Waals surface area contributed by atoms with Crippen molar-refractivity contribution in [3.05, 3.63) is 35.2 Å². The van der Waals surface area contributed by atoms with Crippen molar-refractivity contribution in [1.82, 2.24) is 14.7 Å². The van der Waals surface area contributed by atoms with Crippen LogP contribution in [-0.4, -0.2) is 34.7 Å². The molecule has 0 aliphatic carbocycles. The van der Waals surface area contributed by atoms with Gasteiger partial charge in [0, 0.05) is 26.7 Å². The lowest BCUT2D eigenvalue weighted by Gasteiger charge is -2.13. The van der Waals surface area contributed by atoms with Crippen LogP contribution in [0.4, 0.5) is 5.69 Å². The van der Waals surface area contributed by atoms with E-state index in [9.17, 15) is 4.79 Å². The highest BCUT2D eigenvalue weighted by molar-refractivity contribution is 5.95. The third kappa shape index (κ3) is 2.84. The van der Waals surface area contributed by atoms with E-state index in [1.54, 1.807) is 37.0 Å². The van der Waals surface area contributed by atoms with Crippen molar-refractivity contribution >= 4 is 11.6 Å². The molecule has 0 atom stereocenters. The first-order valence-electron chi connectivity index (χ1n) is 6.60. The zero-order chi connectivity index (χ0) is 15.7. The largest absolute Gasteiger partial charge is 0.451 e. The third-order valence-electron chi connectivity index (χ3n) is 3.32. The molecule has 1 heterocycles. The third-order valence-corrected chi connectivity index (χ3v) is 3.32. The number of carbonyl (C=O) groups is 1. The molecule has 0 saturated heterocycles. The molecule has 0 radical (unpaired) electrons. The summed E-state index contributed by atoms with van der Waals surface area (Å²) in [7, 11) is 5.26. The number of aryl methyl sites for hydroxylation is 2. The van der Waals surface area contributed by atoms with Gasteiger partial charge in [-0.2, -0.15) is 5.10 Å². The second kappa shape index (κ2) is 5.47. The number of rotatable bonds is 3. The second-order valence-corrected chi connectivity index (χ2v) is 5.18. The summed E-state index contributed by atoms with van der Waals surface area (Å²) in [5.41, 5.74) is 8.66. The SMILES string of the molecule is Cc1nn(C)c(C)c1Oc1ccc(C(=O)N(C)C)cc1N. The van der Waals surface area contributed by atoms with Gasteiger partial charge in [-0.3, -0.25) is 9.48 Å². The topological polar surface area (TPSA) is 73.4 Å². The molecule has 0 aliphatic rings. The van der Waals surface area contributed by atoms with Crippen molar-refractivity contribution in [1.29, 1.82) is 0 Å². The monoisotopic (exact) mass is 288 g/mol. The Hall–Kier alpha value is -2.50. The van der Waals surface area contributed by atoms with Crippen molar-refractivity contribution in [3.63, 3.8) is 0 Å². The summed E-state index contributed by atoms with van der Waals surface area (Å²) in [6.45, 7) is 3.80. The van der Waals surface area contributed by atoms with Crippen LogP contribution in [-0.2, 0) is 7.05 Å². The highest BCUT2D eigenvalue weighted by atomic mass is 16.5. The summed E-state index contributed by atoms with van der Waals surface area (Å²) < 4.78 is 7.61. The van der Waals surface area contributed by atoms with E-state index in [0.717, 1.165) is 11.4 Å². The fourth-order valence-electron chi connectivity index (χ4n) is 2.04. The number of hydrogen-bond donors (Lipinski definition) is 1. The summed E-state index contributed by atoms with van der Waals surface area (Å²) in [5, 5.41) is 4.30. The van der Waals surface area contributed by atoms with Gasteiger partial charge in [0.25, 0.3) is 5.91 Å². The van der Waals surface area contributed by atoms with Gasteiger partial charge >= 0.3 is 0 Å². The molecule has 1 amide bonds. The molecular formula is C15H20N4O2. The minimum absolute atomic E-state index is 0.0954. The number of nitrogens with zero attached hydrogens (tertiary/aromatic N) is 3. The standard InChI is InChI=1S/C15H20N4O2/c1-9-14(10(2)19(5)17-9)21-13-7-6-11(8-12(13)16)15(20)18(3)4/h6-8H,16H2,1-5H3. The number of aromatic nitrogens is 2. The van der Waals surface area contributed by atoms with Crippen LogP contribution in [0.3, 0.4) is 0 Å². The number of amides is 1. The quantitative estimate of drug-likeness (QED) is 0.878. The van der Waals surface area contributed by atoms with Gasteiger partial charge in [0.2, 0.25) is 0 Å². The van der Waals surface area contributed by atoms with Crippen LogP contribution >= 0.6 is 0 Å². The summed E-state index contributed by atoms with van der Waals surface area (Å²) in [4.78, 5) is 13.4. The molecule has 1 aromatic heterocycles. The minimum atomic E-state index is -0.0954. The number of ether oxygens (including phenoxy) is 1. The van der Waals surface area contributed by atoms with Crippen LogP contribution < -0.4 is 10.5 Å². The van der Waals surface area contributed by atoms with Crippen molar-refractivity contribution in [2.24, 2.45) is 7.05 Å². The van der Waals surface area contributed by atoms with Gasteiger partial charge in [-0.25, -0.2) is 0 Å². The molecule has 112 valence electrons. The predicted molar refractivity (Wildman–Crippen MR) is 81.6 cm³/mol. The molecule has 0 bridgehead atoms. The maximum Gasteiger partial charge on any atom is 0.253 e. The Kier molecular flexibility index (Phi) is 3.88. The van der Waals surface area contributed by atoms with E-state index in [2.05, 4.69) is 5.10 Å². The summed E-state index contributed by atoms with van der Waals surface area (Å²) in [5.74, 6) is 1.11. The Morgan fingerprint density at radius 2 is 2.00 bits per heavy atom. The molecule has 0 saturated carbocycles. The van der Waals surface area contributed by atoms with Crippen molar-refractivity contribution in [2.45, 2.75) is 13.8 Å². The lowest BCUT2D eigenvalue weighted by Crippen LogP contribution is -2.21. The van der Waals surface area contributed by atoms with Crippen LogP contribution in [0, 0.1) is 13.8 Å². The maximum atomic E-state index is 11.9. The smallest absolute Gasteiger partial charge is 0.253 e. The fraction of sp³-hybridized carbons (Fsp3) is 0.333. The summed E-state index contributed by atoms with van der Waals surface area (Å²) in [6.07, 6.45) is 0. The first-order chi connectivity index (χ1) is 9.81. The van der Waals surface area contributed by atoms with Gasteiger partial charge in [-0.1, -0.05) is 0 Å². The van der Waals surface area contributed by atoms with E-state index >= 15 is 0 Å². The fourth-order valence-corrected chi connectivity index (χ4v) is 2.04. The number of carbonyl (C=O) groups excluding carboxylic acids is 1. The molecule has 6 heteroatoms. The average Bonchev–Trinajstić information content (AvgIpc) is 2.66. The molecular weight excluding hydrogens is 268 g/mol. The molecule has 0 unspecified atom stereocenters. The normalized spacial score (nSPS) is 10.5. The minimum Gasteiger partial charge on any atom is -0.451 e. The Morgan fingerprint density at radius 3 is 2.48 bits per heavy atom. The average molecular weight is 288 g/mol. The molecule has 0 aliphatic heterocycles. The molecule has 6 nitrogen and oxygen atoms in total. The van der Waals surface area contributed by atoms with Crippen molar-refractivity contribution in [2.75, 3.05) is 19.8 Å². The van der Waals surface area contributed by atoms with E-state index < -0.39 is 0 Å². The zero-order valence-corrected chi connectivity index (χ0v) is 13.0. The molecule has 0 fully saturated rings. The van der Waals surface area contributed by atoms with Crippen LogP contribution in [0.2, 0.25) is 0 Å². The van der Waals surface area contributed by atoms with Crippen molar-refractivity contribution < 1.29 is 9.53 Å². The zero-order valence-electron chi connectivity index (χ0n) is 13.0. The van der Waals surface area contributed by atoms with Crippen LogP contribution in [0.25, 0.3) is 0 Å². The molecule has 0 spiro atoms. The number of nitrogen functional groups attached to an aromatic ring is 1. The van der Waals surface area contributed by atoms with Gasteiger partial charge in [0.1, 0.15) is 5.69 Å². The number of anilines is 1. The number of benzene rings is 1. The summed E-state index contributed by atoms with van der Waals surface area (Å²) in [6, 6.07) is 5.03. The highest BCUT2D eigenvalue weighted by Gasteiger charge is 2.15. The maximum absolute atomic E-state index is 11.9. The molecule has 2 N–H and O–H groups in total. The molecule has 1 aromatic carbocycles. The van der Waals surface area contributed by atoms with Crippen LogP contribution in [0.1, 0.15) is 21.7 Å². The molecule has 21 heavy (non-hydrogen) atoms. The van der Waals surface area contributed by atoms with E-state index in [1.807, 2.05) is 20.9 Å². The second-order valence-electron chi connectivity index (χ2n) is 5.18. The Balaban J connectivity index is 2.32. The van der Waals surface area contributed by atoms with Gasteiger partial charge in [0.05, 0.1) is 11.4 Å². The van der Waals surface area contributed by atoms with E-state index in [4.69, 9.17) is 10.5 Å². The van der Waals surface area contributed by atoms with Gasteiger partial charge in [-0.15, -0.1) is 0 Å². The van der Waals surface area contributed by atoms with Crippen LogP contribution in [0.5, 0.6) is 11.5 Å². The van der Waals surface area contributed by atoms with Crippen molar-refractivity contribution in [3.8, 4) is 11.5 Å². The van der Waals surface area contributed by atoms with Gasteiger partial charge in [-0.05, 0) is 32.0 Å². The predicted octanol–water partition coefficient (Wildman–Crippen LogP) is 2.11. The Bertz CT molecular complexity index is 689. The summed E-state index contributed by atoms with van der Waals surface area (Å²) >= 11 is 0. The van der Waals surface area contributed by atoms with E-state index in [-0.39, 0.29) is 5.91 Å².